The smallest absolute Gasteiger partial charge is 0.235 e. The van der Waals surface area contributed by atoms with E-state index in [0.717, 1.165) is 19.3 Å². The molecule has 0 bridgehead atoms. The minimum absolute atomic E-state index is 0.0464. The summed E-state index contributed by atoms with van der Waals surface area (Å²) in [7, 11) is 0. The lowest BCUT2D eigenvalue weighted by atomic mass is 9.73. The highest BCUT2D eigenvalue weighted by Gasteiger charge is 2.41. The molecule has 1 heterocycles. The van der Waals surface area contributed by atoms with Crippen LogP contribution in [0.3, 0.4) is 0 Å². The van der Waals surface area contributed by atoms with Crippen LogP contribution in [0.1, 0.15) is 18.4 Å². The van der Waals surface area contributed by atoms with Crippen molar-refractivity contribution < 1.29 is 9.53 Å². The second-order valence-electron chi connectivity index (χ2n) is 5.67. The van der Waals surface area contributed by atoms with Crippen molar-refractivity contribution in [2.24, 2.45) is 0 Å². The monoisotopic (exact) mass is 485 g/mol. The van der Waals surface area contributed by atoms with E-state index >= 15 is 0 Å². The zero-order valence-corrected chi connectivity index (χ0v) is 16.3. The molecule has 1 N–H and O–H groups in total. The molecular weight excluding hydrogens is 469 g/mol. The van der Waals surface area contributed by atoms with Crippen molar-refractivity contribution in [3.63, 3.8) is 0 Å². The number of amides is 1. The molecule has 1 aliphatic heterocycles. The van der Waals surface area contributed by atoms with Crippen LogP contribution in [0, 0.1) is 3.57 Å². The van der Waals surface area contributed by atoms with Crippen molar-refractivity contribution in [3.8, 4) is 0 Å². The quantitative estimate of drug-likeness (QED) is 0.637. The molecule has 0 radical (unpaired) electrons. The standard InChI is InChI=1S/C18H17BrINO2/c19-14-6-4-13(5-7-14)18(8-10-23-11-9-18)17(22)21-16-3-1-2-15(20)12-16/h1-7,12H,8-11H2,(H,21,22). The van der Waals surface area contributed by atoms with E-state index in [4.69, 9.17) is 4.74 Å². The molecule has 0 atom stereocenters. The Morgan fingerprint density at radius 2 is 1.83 bits per heavy atom. The van der Waals surface area contributed by atoms with Crippen LogP contribution in [0.15, 0.2) is 53.0 Å². The van der Waals surface area contributed by atoms with Gasteiger partial charge in [-0.1, -0.05) is 34.1 Å². The number of halogens is 2. The molecule has 0 saturated carbocycles. The first-order chi connectivity index (χ1) is 11.1. The normalized spacial score (nSPS) is 16.8. The van der Waals surface area contributed by atoms with Gasteiger partial charge in [-0.25, -0.2) is 0 Å². The van der Waals surface area contributed by atoms with Gasteiger partial charge in [0.05, 0.1) is 5.41 Å². The highest BCUT2D eigenvalue weighted by atomic mass is 127. The third kappa shape index (κ3) is 3.78. The van der Waals surface area contributed by atoms with Gasteiger partial charge in [-0.15, -0.1) is 0 Å². The molecule has 2 aromatic carbocycles. The van der Waals surface area contributed by atoms with Gasteiger partial charge in [0.1, 0.15) is 0 Å². The summed E-state index contributed by atoms with van der Waals surface area (Å²) in [5.74, 6) is 0.0464. The van der Waals surface area contributed by atoms with E-state index in [-0.39, 0.29) is 5.91 Å². The first-order valence-corrected chi connectivity index (χ1v) is 9.38. The fraction of sp³-hybridized carbons (Fsp3) is 0.278. The van der Waals surface area contributed by atoms with Gasteiger partial charge in [0.15, 0.2) is 0 Å². The summed E-state index contributed by atoms with van der Waals surface area (Å²) < 4.78 is 7.62. The summed E-state index contributed by atoms with van der Waals surface area (Å²) in [6.07, 6.45) is 1.40. The van der Waals surface area contributed by atoms with Crippen molar-refractivity contribution in [1.82, 2.24) is 0 Å². The number of rotatable bonds is 3. The van der Waals surface area contributed by atoms with Crippen LogP contribution < -0.4 is 5.32 Å². The third-order valence-electron chi connectivity index (χ3n) is 4.26. The molecule has 1 amide bonds. The molecule has 2 aromatic rings. The average molecular weight is 486 g/mol. The summed E-state index contributed by atoms with van der Waals surface area (Å²) in [4.78, 5) is 13.1. The van der Waals surface area contributed by atoms with E-state index in [2.05, 4.69) is 43.8 Å². The van der Waals surface area contributed by atoms with Gasteiger partial charge in [-0.2, -0.15) is 0 Å². The number of anilines is 1. The number of hydrogen-bond donors (Lipinski definition) is 1. The number of carbonyl (C=O) groups excluding carboxylic acids is 1. The van der Waals surface area contributed by atoms with E-state index in [1.807, 2.05) is 48.5 Å². The molecule has 1 fully saturated rings. The molecule has 3 rings (SSSR count). The zero-order valence-electron chi connectivity index (χ0n) is 12.5. The summed E-state index contributed by atoms with van der Waals surface area (Å²) in [6.45, 7) is 1.21. The Bertz CT molecular complexity index is 696. The molecule has 1 aliphatic rings. The Kier molecular flexibility index (Phi) is 5.38. The Hall–Kier alpha value is -0.920. The molecular formula is C18H17BrINO2. The topological polar surface area (TPSA) is 38.3 Å². The van der Waals surface area contributed by atoms with E-state index in [1.165, 1.54) is 0 Å². The van der Waals surface area contributed by atoms with Gasteiger partial charge in [0.25, 0.3) is 0 Å². The average Bonchev–Trinajstić information content (AvgIpc) is 2.56. The second-order valence-corrected chi connectivity index (χ2v) is 7.83. The van der Waals surface area contributed by atoms with Crippen LogP contribution in [0.2, 0.25) is 0 Å². The highest BCUT2D eigenvalue weighted by Crippen LogP contribution is 2.36. The Morgan fingerprint density at radius 1 is 1.13 bits per heavy atom. The molecule has 120 valence electrons. The Balaban J connectivity index is 1.92. The summed E-state index contributed by atoms with van der Waals surface area (Å²) in [5, 5.41) is 3.10. The maximum absolute atomic E-state index is 13.1. The molecule has 5 heteroatoms. The fourth-order valence-electron chi connectivity index (χ4n) is 2.95. The van der Waals surface area contributed by atoms with Gasteiger partial charge in [-0.05, 0) is 71.3 Å². The van der Waals surface area contributed by atoms with Gasteiger partial charge in [-0.3, -0.25) is 4.79 Å². The fourth-order valence-corrected chi connectivity index (χ4v) is 3.76. The Labute approximate surface area is 158 Å². The molecule has 3 nitrogen and oxygen atoms in total. The van der Waals surface area contributed by atoms with E-state index < -0.39 is 5.41 Å². The van der Waals surface area contributed by atoms with Crippen LogP contribution in [0.5, 0.6) is 0 Å². The van der Waals surface area contributed by atoms with Crippen molar-refractivity contribution in [2.45, 2.75) is 18.3 Å². The SMILES string of the molecule is O=C(Nc1cccc(I)c1)C1(c2ccc(Br)cc2)CCOCC1. The second kappa shape index (κ2) is 7.32. The molecule has 0 aromatic heterocycles. The number of nitrogens with one attached hydrogen (secondary N) is 1. The van der Waals surface area contributed by atoms with E-state index in [1.54, 1.807) is 0 Å². The maximum atomic E-state index is 13.1. The van der Waals surface area contributed by atoms with Crippen LogP contribution in [0.25, 0.3) is 0 Å². The molecule has 23 heavy (non-hydrogen) atoms. The van der Waals surface area contributed by atoms with Gasteiger partial charge < -0.3 is 10.1 Å². The first kappa shape index (κ1) is 16.9. The minimum Gasteiger partial charge on any atom is -0.381 e. The lowest BCUT2D eigenvalue weighted by Gasteiger charge is -2.36. The van der Waals surface area contributed by atoms with Crippen molar-refractivity contribution in [1.29, 1.82) is 0 Å². The van der Waals surface area contributed by atoms with Gasteiger partial charge in [0.2, 0.25) is 5.91 Å². The minimum atomic E-state index is -0.528. The molecule has 0 aliphatic carbocycles. The summed E-state index contributed by atoms with van der Waals surface area (Å²) >= 11 is 5.71. The van der Waals surface area contributed by atoms with Crippen molar-refractivity contribution in [2.75, 3.05) is 18.5 Å². The first-order valence-electron chi connectivity index (χ1n) is 7.51. The number of carbonyl (C=O) groups is 1. The lowest BCUT2D eigenvalue weighted by Crippen LogP contribution is -2.44. The maximum Gasteiger partial charge on any atom is 0.235 e. The largest absolute Gasteiger partial charge is 0.381 e. The van der Waals surface area contributed by atoms with Crippen LogP contribution in [0.4, 0.5) is 5.69 Å². The highest BCUT2D eigenvalue weighted by molar-refractivity contribution is 14.1. The van der Waals surface area contributed by atoms with Gasteiger partial charge >= 0.3 is 0 Å². The molecule has 0 spiro atoms. The van der Waals surface area contributed by atoms with Gasteiger partial charge in [0, 0.05) is 26.9 Å². The van der Waals surface area contributed by atoms with Crippen LogP contribution in [-0.2, 0) is 14.9 Å². The number of ether oxygens (including phenoxy) is 1. The zero-order chi connectivity index (χ0) is 16.3. The number of hydrogen-bond acceptors (Lipinski definition) is 2. The predicted octanol–water partition coefficient (Wildman–Crippen LogP) is 4.74. The predicted molar refractivity (Wildman–Crippen MR) is 104 cm³/mol. The third-order valence-corrected chi connectivity index (χ3v) is 5.46. The number of benzene rings is 2. The van der Waals surface area contributed by atoms with E-state index in [9.17, 15) is 4.79 Å². The molecule has 1 saturated heterocycles. The lowest BCUT2D eigenvalue weighted by molar-refractivity contribution is -0.125. The van der Waals surface area contributed by atoms with E-state index in [0.29, 0.717) is 26.1 Å². The van der Waals surface area contributed by atoms with Crippen molar-refractivity contribution in [3.05, 3.63) is 62.1 Å². The Morgan fingerprint density at radius 3 is 2.48 bits per heavy atom. The van der Waals surface area contributed by atoms with Crippen LogP contribution >= 0.6 is 38.5 Å². The molecule has 0 unspecified atom stereocenters. The summed E-state index contributed by atoms with van der Waals surface area (Å²) in [6, 6.07) is 15.9. The van der Waals surface area contributed by atoms with Crippen molar-refractivity contribution >= 4 is 50.1 Å². The summed E-state index contributed by atoms with van der Waals surface area (Å²) in [5.41, 5.74) is 1.36. The van der Waals surface area contributed by atoms with Crippen LogP contribution in [-0.4, -0.2) is 19.1 Å².